The highest BCUT2D eigenvalue weighted by atomic mass is 16.6. The van der Waals surface area contributed by atoms with Crippen molar-refractivity contribution in [1.82, 2.24) is 14.9 Å². The van der Waals surface area contributed by atoms with Crippen molar-refractivity contribution in [3.8, 4) is 0 Å². The Balaban J connectivity index is 1.77. The second kappa shape index (κ2) is 8.39. The quantitative estimate of drug-likeness (QED) is 0.365. The minimum atomic E-state index is -1.62. The Morgan fingerprint density at radius 2 is 1.93 bits per heavy atom. The van der Waals surface area contributed by atoms with E-state index in [9.17, 15) is 29.4 Å². The molecular weight excluding hydrogens is 384 g/mol. The summed E-state index contributed by atoms with van der Waals surface area (Å²) in [6.45, 7) is 0. The van der Waals surface area contributed by atoms with Crippen molar-refractivity contribution in [3.63, 3.8) is 0 Å². The number of carbonyl (C=O) groups excluding carboxylic acids is 1. The van der Waals surface area contributed by atoms with Crippen molar-refractivity contribution in [2.75, 3.05) is 0 Å². The summed E-state index contributed by atoms with van der Waals surface area (Å²) in [5, 5.41) is 22.3. The molecule has 2 aromatic rings. The van der Waals surface area contributed by atoms with Crippen LogP contribution in [0.4, 0.5) is 0 Å². The molecule has 1 saturated heterocycles. The van der Waals surface area contributed by atoms with Crippen LogP contribution in [-0.2, 0) is 20.7 Å². The van der Waals surface area contributed by atoms with Gasteiger partial charge in [-0.1, -0.05) is 30.3 Å². The zero-order valence-corrected chi connectivity index (χ0v) is 15.1. The van der Waals surface area contributed by atoms with E-state index >= 15 is 0 Å². The lowest BCUT2D eigenvalue weighted by Crippen LogP contribution is -2.54. The number of aromatic nitrogens is 2. The zero-order valence-electron chi connectivity index (χ0n) is 15.1. The summed E-state index contributed by atoms with van der Waals surface area (Å²) in [5.74, 6) is -2.12. The number of carbonyl (C=O) groups is 2. The van der Waals surface area contributed by atoms with Gasteiger partial charge in [-0.15, -0.1) is 0 Å². The molecule has 0 saturated carbocycles. The van der Waals surface area contributed by atoms with E-state index in [1.807, 2.05) is 11.1 Å². The Morgan fingerprint density at radius 1 is 1.24 bits per heavy atom. The highest BCUT2D eigenvalue weighted by Gasteiger charge is 2.49. The molecule has 11 nitrogen and oxygen atoms in total. The fraction of sp³-hybridized carbons (Fsp3) is 0.333. The van der Waals surface area contributed by atoms with Gasteiger partial charge < -0.3 is 26.0 Å². The molecule has 5 atom stereocenters. The number of amides is 1. The van der Waals surface area contributed by atoms with Crippen molar-refractivity contribution in [2.45, 2.75) is 36.9 Å². The third kappa shape index (κ3) is 4.42. The van der Waals surface area contributed by atoms with Gasteiger partial charge in [0.05, 0.1) is 12.1 Å². The number of carboxylic acid groups (broad SMARTS) is 1. The minimum Gasteiger partial charge on any atom is -0.479 e. The number of hydrogen-bond acceptors (Lipinski definition) is 7. The molecule has 0 spiro atoms. The standard InChI is InChI=1S/C18H20N4O7/c19-10(8-9-4-2-1-3-5-9)15(25)21-12-13(24)16(29-14(12)17(26)27)22-7-6-11(23)20-18(22)28/h1-7,10,12-14,16,24H,8,19H2,(H,21,25)(H,26,27)(H,20,23,28)/t10-,12-,13+,14-,16+/m0/s1. The third-order valence-corrected chi connectivity index (χ3v) is 4.59. The van der Waals surface area contributed by atoms with Gasteiger partial charge in [-0.2, -0.15) is 0 Å². The van der Waals surface area contributed by atoms with Crippen LogP contribution in [0.3, 0.4) is 0 Å². The molecule has 6 N–H and O–H groups in total. The van der Waals surface area contributed by atoms with E-state index in [1.165, 1.54) is 0 Å². The van der Waals surface area contributed by atoms with E-state index in [-0.39, 0.29) is 6.42 Å². The maximum absolute atomic E-state index is 12.5. The number of aliphatic hydroxyl groups is 1. The van der Waals surface area contributed by atoms with Gasteiger partial charge in [-0.05, 0) is 12.0 Å². The summed E-state index contributed by atoms with van der Waals surface area (Å²) in [6.07, 6.45) is -3.35. The van der Waals surface area contributed by atoms with Crippen LogP contribution in [0.5, 0.6) is 0 Å². The Bertz CT molecular complexity index is 1000. The summed E-state index contributed by atoms with van der Waals surface area (Å²) in [5.41, 5.74) is 5.16. The van der Waals surface area contributed by atoms with Gasteiger partial charge in [0.25, 0.3) is 5.56 Å². The molecule has 1 fully saturated rings. The topological polar surface area (TPSA) is 177 Å². The van der Waals surface area contributed by atoms with Crippen LogP contribution < -0.4 is 22.3 Å². The third-order valence-electron chi connectivity index (χ3n) is 4.59. The van der Waals surface area contributed by atoms with Crippen molar-refractivity contribution in [3.05, 3.63) is 69.0 Å². The van der Waals surface area contributed by atoms with E-state index in [0.29, 0.717) is 0 Å². The van der Waals surface area contributed by atoms with Gasteiger partial charge in [0.15, 0.2) is 12.3 Å². The van der Waals surface area contributed by atoms with Gasteiger partial charge in [-0.25, -0.2) is 9.59 Å². The molecule has 11 heteroatoms. The lowest BCUT2D eigenvalue weighted by Gasteiger charge is -2.22. The number of nitrogens with one attached hydrogen (secondary N) is 2. The average Bonchev–Trinajstić information content (AvgIpc) is 2.99. The predicted molar refractivity (Wildman–Crippen MR) is 98.9 cm³/mol. The molecule has 3 rings (SSSR count). The van der Waals surface area contributed by atoms with Crippen LogP contribution in [0.1, 0.15) is 11.8 Å². The smallest absolute Gasteiger partial charge is 0.335 e. The van der Waals surface area contributed by atoms with Crippen molar-refractivity contribution in [2.24, 2.45) is 5.73 Å². The van der Waals surface area contributed by atoms with Gasteiger partial charge in [-0.3, -0.25) is 19.1 Å². The first-order chi connectivity index (χ1) is 13.8. The Labute approximate surface area is 163 Å². The van der Waals surface area contributed by atoms with E-state index in [0.717, 1.165) is 22.4 Å². The molecule has 1 aromatic heterocycles. The molecule has 1 aliphatic heterocycles. The monoisotopic (exact) mass is 404 g/mol. The normalized spacial score (nSPS) is 24.8. The number of carboxylic acids is 1. The number of ether oxygens (including phenoxy) is 1. The molecule has 154 valence electrons. The van der Waals surface area contributed by atoms with Crippen LogP contribution in [0.15, 0.2) is 52.2 Å². The number of aliphatic carboxylic acids is 1. The Morgan fingerprint density at radius 3 is 2.55 bits per heavy atom. The summed E-state index contributed by atoms with van der Waals surface area (Å²) >= 11 is 0. The Hall–Kier alpha value is -3.28. The number of nitrogens with zero attached hydrogens (tertiary/aromatic N) is 1. The van der Waals surface area contributed by atoms with Crippen LogP contribution in [-0.4, -0.2) is 55.9 Å². The van der Waals surface area contributed by atoms with Crippen molar-refractivity contribution >= 4 is 11.9 Å². The molecule has 2 heterocycles. The van der Waals surface area contributed by atoms with Gasteiger partial charge in [0.1, 0.15) is 6.10 Å². The van der Waals surface area contributed by atoms with Crippen LogP contribution in [0.2, 0.25) is 0 Å². The minimum absolute atomic E-state index is 0.205. The average molecular weight is 404 g/mol. The molecule has 1 aliphatic rings. The zero-order chi connectivity index (χ0) is 21.1. The first kappa shape index (κ1) is 20.5. The van der Waals surface area contributed by atoms with Gasteiger partial charge in [0.2, 0.25) is 5.91 Å². The van der Waals surface area contributed by atoms with E-state index < -0.39 is 53.6 Å². The number of hydrogen-bond donors (Lipinski definition) is 5. The van der Waals surface area contributed by atoms with Crippen LogP contribution in [0, 0.1) is 0 Å². The largest absolute Gasteiger partial charge is 0.479 e. The molecule has 0 radical (unpaired) electrons. The maximum atomic E-state index is 12.5. The molecule has 0 aliphatic carbocycles. The second-order valence-corrected chi connectivity index (χ2v) is 6.62. The SMILES string of the molecule is N[C@@H](Cc1ccccc1)C(=O)N[C@H]1[C@@H](O)[C@H](n2ccc(=O)[nH]c2=O)O[C@@H]1C(=O)O. The van der Waals surface area contributed by atoms with Crippen LogP contribution >= 0.6 is 0 Å². The van der Waals surface area contributed by atoms with Gasteiger partial charge in [0, 0.05) is 12.3 Å². The molecule has 0 unspecified atom stereocenters. The summed E-state index contributed by atoms with van der Waals surface area (Å²) < 4.78 is 6.13. The number of benzene rings is 1. The summed E-state index contributed by atoms with van der Waals surface area (Å²) in [7, 11) is 0. The van der Waals surface area contributed by atoms with Gasteiger partial charge >= 0.3 is 11.7 Å². The number of nitrogens with two attached hydrogens (primary N) is 1. The van der Waals surface area contributed by atoms with E-state index in [4.69, 9.17) is 10.5 Å². The fourth-order valence-electron chi connectivity index (χ4n) is 3.13. The molecule has 1 aromatic carbocycles. The summed E-state index contributed by atoms with van der Waals surface area (Å²) in [6, 6.07) is 7.66. The van der Waals surface area contributed by atoms with Crippen LogP contribution in [0.25, 0.3) is 0 Å². The predicted octanol–water partition coefficient (Wildman–Crippen LogP) is -2.07. The second-order valence-electron chi connectivity index (χ2n) is 6.62. The Kier molecular flexibility index (Phi) is 5.92. The van der Waals surface area contributed by atoms with E-state index in [1.54, 1.807) is 24.3 Å². The number of rotatable bonds is 6. The van der Waals surface area contributed by atoms with Crippen molar-refractivity contribution < 1.29 is 24.5 Å². The highest BCUT2D eigenvalue weighted by Crippen LogP contribution is 2.28. The number of aliphatic hydroxyl groups excluding tert-OH is 1. The molecule has 0 bridgehead atoms. The van der Waals surface area contributed by atoms with E-state index in [2.05, 4.69) is 5.32 Å². The maximum Gasteiger partial charge on any atom is 0.335 e. The molecule has 1 amide bonds. The van der Waals surface area contributed by atoms with Crippen molar-refractivity contribution in [1.29, 1.82) is 0 Å². The first-order valence-corrected chi connectivity index (χ1v) is 8.75. The molecular formula is C18H20N4O7. The summed E-state index contributed by atoms with van der Waals surface area (Å²) in [4.78, 5) is 49.2. The number of H-pyrrole nitrogens is 1. The fourth-order valence-corrected chi connectivity index (χ4v) is 3.13. The lowest BCUT2D eigenvalue weighted by atomic mass is 10.0. The number of aromatic amines is 1. The molecule has 29 heavy (non-hydrogen) atoms. The lowest BCUT2D eigenvalue weighted by molar-refractivity contribution is -0.153. The highest BCUT2D eigenvalue weighted by molar-refractivity contribution is 5.83. The first-order valence-electron chi connectivity index (χ1n) is 8.75.